The molecule has 1 heterocycles. The summed E-state index contributed by atoms with van der Waals surface area (Å²) in [5, 5.41) is 14.5. The number of nitrogens with zero attached hydrogens (tertiary/aromatic N) is 2. The molecule has 0 aliphatic rings. The number of hydrogen-bond acceptors (Lipinski definition) is 6. The molecule has 0 aliphatic carbocycles. The van der Waals surface area contributed by atoms with E-state index in [1.807, 2.05) is 6.92 Å². The Kier molecular flexibility index (Phi) is 7.97. The van der Waals surface area contributed by atoms with E-state index in [0.29, 0.717) is 34.9 Å². The Morgan fingerprint density at radius 2 is 1.97 bits per heavy atom. The van der Waals surface area contributed by atoms with Gasteiger partial charge in [0.05, 0.1) is 23.5 Å². The van der Waals surface area contributed by atoms with Crippen molar-refractivity contribution >= 4 is 23.3 Å². The molecule has 8 nitrogen and oxygen atoms in total. The molecule has 0 spiro atoms. The molecule has 0 radical (unpaired) electrons. The van der Waals surface area contributed by atoms with Crippen molar-refractivity contribution in [3.63, 3.8) is 0 Å². The van der Waals surface area contributed by atoms with Crippen LogP contribution in [0.1, 0.15) is 52.2 Å². The van der Waals surface area contributed by atoms with Crippen LogP contribution in [0, 0.1) is 11.3 Å². The number of pyridine rings is 1. The van der Waals surface area contributed by atoms with Gasteiger partial charge in [0.25, 0.3) is 0 Å². The van der Waals surface area contributed by atoms with Gasteiger partial charge in [-0.1, -0.05) is 13.5 Å². The second kappa shape index (κ2) is 10.4. The summed E-state index contributed by atoms with van der Waals surface area (Å²) in [6, 6.07) is 9.69. The third kappa shape index (κ3) is 7.13. The van der Waals surface area contributed by atoms with E-state index in [0.717, 1.165) is 5.57 Å². The lowest BCUT2D eigenvalue weighted by molar-refractivity contribution is -0.118. The average molecular weight is 437 g/mol. The minimum atomic E-state index is -0.750. The molecule has 0 aliphatic heterocycles. The molecule has 2 amide bonds. The number of amides is 2. The van der Waals surface area contributed by atoms with Crippen molar-refractivity contribution < 1.29 is 19.1 Å². The van der Waals surface area contributed by atoms with Crippen LogP contribution < -0.4 is 15.4 Å². The maximum absolute atomic E-state index is 12.5. The number of carbonyl (C=O) groups excluding carboxylic acids is 2. The van der Waals surface area contributed by atoms with Crippen LogP contribution in [0.3, 0.4) is 0 Å². The summed E-state index contributed by atoms with van der Waals surface area (Å²) in [5.41, 5.74) is 1.77. The first-order valence-electron chi connectivity index (χ1n) is 10.2. The van der Waals surface area contributed by atoms with Gasteiger partial charge >= 0.3 is 6.09 Å². The molecule has 8 heteroatoms. The maximum atomic E-state index is 12.5. The van der Waals surface area contributed by atoms with Crippen LogP contribution in [0.15, 0.2) is 43.1 Å². The Morgan fingerprint density at radius 1 is 1.25 bits per heavy atom. The van der Waals surface area contributed by atoms with E-state index in [-0.39, 0.29) is 5.91 Å². The van der Waals surface area contributed by atoms with Gasteiger partial charge in [0, 0.05) is 6.07 Å². The predicted octanol–water partition coefficient (Wildman–Crippen LogP) is 5.02. The number of anilines is 1. The molecule has 0 saturated heterocycles. The molecular formula is C24H28N4O4. The van der Waals surface area contributed by atoms with E-state index in [1.165, 1.54) is 6.20 Å². The lowest BCUT2D eigenvalue weighted by Gasteiger charge is -2.22. The zero-order chi connectivity index (χ0) is 23.9. The highest BCUT2D eigenvalue weighted by Gasteiger charge is 2.23. The fourth-order valence-corrected chi connectivity index (χ4v) is 2.70. The van der Waals surface area contributed by atoms with Crippen molar-refractivity contribution in [1.29, 1.82) is 5.26 Å². The molecular weight excluding hydrogens is 408 g/mol. The Hall–Kier alpha value is -3.86. The number of alkyl carbamates (subject to hydrolysis) is 1. The van der Waals surface area contributed by atoms with Crippen molar-refractivity contribution in [2.45, 2.75) is 52.7 Å². The number of nitriles is 1. The number of allylic oxidation sites excluding steroid dienone is 1. The molecule has 2 aromatic rings. The number of carbonyl (C=O) groups is 2. The molecule has 32 heavy (non-hydrogen) atoms. The number of benzene rings is 1. The number of ether oxygens (including phenoxy) is 2. The van der Waals surface area contributed by atoms with E-state index < -0.39 is 17.7 Å². The van der Waals surface area contributed by atoms with Crippen molar-refractivity contribution in [2.24, 2.45) is 0 Å². The quantitative estimate of drug-likeness (QED) is 0.630. The summed E-state index contributed by atoms with van der Waals surface area (Å²) in [6.07, 6.45) is 1.19. The largest absolute Gasteiger partial charge is 0.444 e. The van der Waals surface area contributed by atoms with Gasteiger partial charge in [-0.25, -0.2) is 9.78 Å². The number of nitrogens with one attached hydrogen (secondary N) is 2. The van der Waals surface area contributed by atoms with E-state index in [1.54, 1.807) is 58.0 Å². The van der Waals surface area contributed by atoms with Gasteiger partial charge < -0.3 is 20.1 Å². The van der Waals surface area contributed by atoms with E-state index >= 15 is 0 Å². The minimum Gasteiger partial charge on any atom is -0.444 e. The van der Waals surface area contributed by atoms with Gasteiger partial charge in [-0.2, -0.15) is 5.26 Å². The fraction of sp³-hybridized carbons (Fsp3) is 0.333. The molecule has 168 valence electrons. The highest BCUT2D eigenvalue weighted by molar-refractivity contribution is 5.96. The molecule has 0 bridgehead atoms. The van der Waals surface area contributed by atoms with Gasteiger partial charge in [-0.3, -0.25) is 4.79 Å². The van der Waals surface area contributed by atoms with Crippen LogP contribution in [0.2, 0.25) is 0 Å². The van der Waals surface area contributed by atoms with Crippen LogP contribution in [-0.4, -0.2) is 28.6 Å². The first kappa shape index (κ1) is 24.4. The Labute approximate surface area is 188 Å². The maximum Gasteiger partial charge on any atom is 0.408 e. The smallest absolute Gasteiger partial charge is 0.408 e. The van der Waals surface area contributed by atoms with Gasteiger partial charge in [-0.15, -0.1) is 0 Å². The topological polar surface area (TPSA) is 113 Å². The molecule has 1 aromatic carbocycles. The van der Waals surface area contributed by atoms with Crippen LogP contribution in [0.4, 0.5) is 10.5 Å². The monoisotopic (exact) mass is 436 g/mol. The van der Waals surface area contributed by atoms with Crippen molar-refractivity contribution in [1.82, 2.24) is 10.3 Å². The van der Waals surface area contributed by atoms with Gasteiger partial charge in [0.1, 0.15) is 17.4 Å². The molecule has 0 fully saturated rings. The Balaban J connectivity index is 2.02. The van der Waals surface area contributed by atoms with E-state index in [4.69, 9.17) is 9.47 Å². The molecule has 0 unspecified atom stereocenters. The highest BCUT2D eigenvalue weighted by atomic mass is 16.6. The number of rotatable bonds is 7. The standard InChI is InChI=1S/C24H28N4O4/c1-7-20(28-23(30)32-24(4,5)6)22(29)27-17-9-11-21(26-14-17)31-18-10-8-16(13-25)19(12-18)15(2)3/h8-12,14,20H,2,7H2,1,3-6H3,(H,27,29)(H,28,30)/t20-/m1/s1. The Bertz CT molecular complexity index is 1030. The summed E-state index contributed by atoms with van der Waals surface area (Å²) < 4.78 is 10.9. The molecule has 2 N–H and O–H groups in total. The second-order valence-corrected chi connectivity index (χ2v) is 8.18. The lowest BCUT2D eigenvalue weighted by Crippen LogP contribution is -2.45. The van der Waals surface area contributed by atoms with Crippen molar-refractivity contribution in [3.05, 3.63) is 54.2 Å². The molecule has 2 rings (SSSR count). The number of hydrogen-bond donors (Lipinski definition) is 2. The van der Waals surface area contributed by atoms with Gasteiger partial charge in [0.2, 0.25) is 11.8 Å². The predicted molar refractivity (Wildman–Crippen MR) is 122 cm³/mol. The van der Waals surface area contributed by atoms with Gasteiger partial charge in [0.15, 0.2) is 0 Å². The van der Waals surface area contributed by atoms with Crippen LogP contribution in [0.5, 0.6) is 11.6 Å². The lowest BCUT2D eigenvalue weighted by atomic mass is 10.0. The summed E-state index contributed by atoms with van der Waals surface area (Å²) in [6.45, 7) is 12.7. The SMILES string of the molecule is C=C(C)c1cc(Oc2ccc(NC(=O)[C@@H](CC)NC(=O)OC(C)(C)C)cn2)ccc1C#N. The summed E-state index contributed by atoms with van der Waals surface area (Å²) >= 11 is 0. The average Bonchev–Trinajstić information content (AvgIpc) is 2.72. The molecule has 0 saturated carbocycles. The van der Waals surface area contributed by atoms with Crippen molar-refractivity contribution in [3.8, 4) is 17.7 Å². The van der Waals surface area contributed by atoms with Crippen LogP contribution in [0.25, 0.3) is 5.57 Å². The summed E-state index contributed by atoms with van der Waals surface area (Å²) in [4.78, 5) is 28.7. The Morgan fingerprint density at radius 3 is 2.50 bits per heavy atom. The first-order chi connectivity index (χ1) is 15.0. The summed E-state index contributed by atoms with van der Waals surface area (Å²) in [7, 11) is 0. The normalized spacial score (nSPS) is 11.6. The first-order valence-corrected chi connectivity index (χ1v) is 10.2. The zero-order valence-electron chi connectivity index (χ0n) is 19.0. The van der Waals surface area contributed by atoms with E-state index in [2.05, 4.69) is 28.3 Å². The highest BCUT2D eigenvalue weighted by Crippen LogP contribution is 2.26. The van der Waals surface area contributed by atoms with Crippen LogP contribution in [-0.2, 0) is 9.53 Å². The minimum absolute atomic E-state index is 0.319. The molecule has 1 aromatic heterocycles. The van der Waals surface area contributed by atoms with Crippen LogP contribution >= 0.6 is 0 Å². The zero-order valence-corrected chi connectivity index (χ0v) is 19.0. The summed E-state index contributed by atoms with van der Waals surface area (Å²) in [5.74, 6) is 0.449. The van der Waals surface area contributed by atoms with E-state index in [9.17, 15) is 14.9 Å². The molecule has 1 atom stereocenters. The third-order valence-electron chi connectivity index (χ3n) is 4.21. The third-order valence-corrected chi connectivity index (χ3v) is 4.21. The number of aromatic nitrogens is 1. The van der Waals surface area contributed by atoms with Gasteiger partial charge in [-0.05, 0) is 69.5 Å². The van der Waals surface area contributed by atoms with Crippen molar-refractivity contribution in [2.75, 3.05) is 5.32 Å². The fourth-order valence-electron chi connectivity index (χ4n) is 2.70. The second-order valence-electron chi connectivity index (χ2n) is 8.18.